The van der Waals surface area contributed by atoms with Crippen LogP contribution >= 0.6 is 0 Å². The van der Waals surface area contributed by atoms with Gasteiger partial charge in [-0.2, -0.15) is 13.2 Å². The summed E-state index contributed by atoms with van der Waals surface area (Å²) in [5.41, 5.74) is -0.0720. The van der Waals surface area contributed by atoms with Crippen molar-refractivity contribution in [1.82, 2.24) is 10.3 Å². The van der Waals surface area contributed by atoms with E-state index in [4.69, 9.17) is 0 Å². The number of carbonyl (C=O) groups is 1. The average molecular weight is 338 g/mol. The molecule has 0 saturated heterocycles. The first-order valence-electron chi connectivity index (χ1n) is 7.33. The lowest BCUT2D eigenvalue weighted by atomic mass is 9.98. The zero-order chi connectivity index (χ0) is 17.9. The molecule has 1 amide bonds. The molecule has 0 bridgehead atoms. The number of carbonyl (C=O) groups excluding carboxylic acids is 1. The summed E-state index contributed by atoms with van der Waals surface area (Å²) in [5.74, 6) is -0.893. The van der Waals surface area contributed by atoms with Crippen LogP contribution in [0.5, 0.6) is 0 Å². The van der Waals surface area contributed by atoms with E-state index in [1.54, 1.807) is 19.9 Å². The van der Waals surface area contributed by atoms with E-state index in [0.717, 1.165) is 12.1 Å². The second-order valence-corrected chi connectivity index (χ2v) is 5.63. The summed E-state index contributed by atoms with van der Waals surface area (Å²) < 4.78 is 38.2. The minimum absolute atomic E-state index is 0.0307. The maximum Gasteiger partial charge on any atom is 0.416 e. The Hall–Kier alpha value is -2.57. The molecule has 0 saturated carbocycles. The molecular weight excluding hydrogens is 321 g/mol. The minimum atomic E-state index is -4.41. The van der Waals surface area contributed by atoms with Crippen molar-refractivity contribution in [2.24, 2.45) is 0 Å². The molecule has 7 heteroatoms. The van der Waals surface area contributed by atoms with E-state index in [0.29, 0.717) is 11.3 Å². The Morgan fingerprint density at radius 2 is 2.00 bits per heavy atom. The molecule has 0 radical (unpaired) electrons. The fraction of sp³-hybridized carbons (Fsp3) is 0.294. The quantitative estimate of drug-likeness (QED) is 0.899. The first-order valence-corrected chi connectivity index (χ1v) is 7.33. The number of alkyl halides is 3. The summed E-state index contributed by atoms with van der Waals surface area (Å²) >= 11 is 0. The molecule has 4 nitrogen and oxygen atoms in total. The second-order valence-electron chi connectivity index (χ2n) is 5.63. The molecule has 2 aromatic rings. The van der Waals surface area contributed by atoms with Gasteiger partial charge in [0.05, 0.1) is 5.56 Å². The number of H-pyrrole nitrogens is 1. The van der Waals surface area contributed by atoms with Gasteiger partial charge in [-0.3, -0.25) is 9.59 Å². The van der Waals surface area contributed by atoms with Gasteiger partial charge in [0, 0.05) is 24.5 Å². The molecule has 1 atom stereocenters. The molecule has 0 fully saturated rings. The summed E-state index contributed by atoms with van der Waals surface area (Å²) in [6, 6.07) is 6.28. The number of halogens is 3. The Morgan fingerprint density at radius 3 is 2.62 bits per heavy atom. The van der Waals surface area contributed by atoms with Crippen molar-refractivity contribution in [2.75, 3.05) is 6.54 Å². The predicted molar refractivity (Wildman–Crippen MR) is 84.0 cm³/mol. The highest BCUT2D eigenvalue weighted by atomic mass is 19.4. The Kier molecular flexibility index (Phi) is 5.11. The van der Waals surface area contributed by atoms with Gasteiger partial charge in [0.15, 0.2) is 5.43 Å². The van der Waals surface area contributed by atoms with Crippen molar-refractivity contribution >= 4 is 5.91 Å². The fourth-order valence-electron chi connectivity index (χ4n) is 2.23. The van der Waals surface area contributed by atoms with Gasteiger partial charge in [-0.15, -0.1) is 0 Å². The molecule has 2 N–H and O–H groups in total. The van der Waals surface area contributed by atoms with Crippen LogP contribution in [-0.4, -0.2) is 17.4 Å². The largest absolute Gasteiger partial charge is 0.416 e. The SMILES string of the molecule is Cc1cc(=O)c(C(=O)NC[C@H](C)c2cccc(C(F)(F)F)c2)c[nH]1. The molecule has 0 aliphatic heterocycles. The minimum Gasteiger partial charge on any atom is -0.364 e. The third-order valence-corrected chi connectivity index (χ3v) is 3.65. The number of rotatable bonds is 4. The summed E-state index contributed by atoms with van der Waals surface area (Å²) in [7, 11) is 0. The van der Waals surface area contributed by atoms with Crippen molar-refractivity contribution in [3.8, 4) is 0 Å². The normalized spacial score (nSPS) is 12.7. The van der Waals surface area contributed by atoms with Gasteiger partial charge in [-0.05, 0) is 24.5 Å². The average Bonchev–Trinajstić information content (AvgIpc) is 2.51. The summed E-state index contributed by atoms with van der Waals surface area (Å²) in [6.07, 6.45) is -3.09. The highest BCUT2D eigenvalue weighted by molar-refractivity contribution is 5.93. The summed E-state index contributed by atoms with van der Waals surface area (Å²) in [4.78, 5) is 26.6. The van der Waals surface area contributed by atoms with E-state index in [9.17, 15) is 22.8 Å². The third kappa shape index (κ3) is 4.24. The summed E-state index contributed by atoms with van der Waals surface area (Å²) in [5, 5.41) is 2.58. The van der Waals surface area contributed by atoms with Gasteiger partial charge in [0.2, 0.25) is 0 Å². The van der Waals surface area contributed by atoms with Crippen LogP contribution in [0.25, 0.3) is 0 Å². The standard InChI is InChI=1S/C17H17F3N2O2/c1-10(12-4-3-5-13(7-12)17(18,19)20)8-22-16(24)14-9-21-11(2)6-15(14)23/h3-7,9-10H,8H2,1-2H3,(H,21,23)(H,22,24)/t10-/m0/s1. The predicted octanol–water partition coefficient (Wildman–Crippen LogP) is 3.24. The Morgan fingerprint density at radius 1 is 1.29 bits per heavy atom. The van der Waals surface area contributed by atoms with Crippen LogP contribution < -0.4 is 10.7 Å². The molecule has 128 valence electrons. The van der Waals surface area contributed by atoms with Crippen LogP contribution in [0.3, 0.4) is 0 Å². The van der Waals surface area contributed by atoms with Gasteiger partial charge in [0.1, 0.15) is 5.56 Å². The molecule has 1 aromatic heterocycles. The van der Waals surface area contributed by atoms with Gasteiger partial charge in [-0.25, -0.2) is 0 Å². The van der Waals surface area contributed by atoms with E-state index in [1.165, 1.54) is 18.3 Å². The van der Waals surface area contributed by atoms with Crippen molar-refractivity contribution < 1.29 is 18.0 Å². The van der Waals surface area contributed by atoms with Gasteiger partial charge >= 0.3 is 6.18 Å². The number of aromatic amines is 1. The maximum atomic E-state index is 12.7. The van der Waals surface area contributed by atoms with Crippen LogP contribution in [0, 0.1) is 6.92 Å². The molecule has 2 rings (SSSR count). The number of hydrogen-bond donors (Lipinski definition) is 2. The first kappa shape index (κ1) is 17.8. The number of aromatic nitrogens is 1. The number of benzene rings is 1. The molecule has 0 aliphatic rings. The zero-order valence-electron chi connectivity index (χ0n) is 13.2. The lowest BCUT2D eigenvalue weighted by molar-refractivity contribution is -0.137. The lowest BCUT2D eigenvalue weighted by Crippen LogP contribution is -2.31. The molecule has 0 unspecified atom stereocenters. The number of aryl methyl sites for hydroxylation is 1. The molecule has 0 spiro atoms. The third-order valence-electron chi connectivity index (χ3n) is 3.65. The van der Waals surface area contributed by atoms with E-state index < -0.39 is 23.1 Å². The first-order chi connectivity index (χ1) is 11.2. The van der Waals surface area contributed by atoms with Crippen LogP contribution in [0.15, 0.2) is 41.3 Å². The Labute approximate surface area is 136 Å². The Bertz CT molecular complexity index is 797. The van der Waals surface area contributed by atoms with Crippen LogP contribution in [-0.2, 0) is 6.18 Å². The molecule has 1 aromatic carbocycles. The van der Waals surface area contributed by atoms with Crippen molar-refractivity contribution in [3.63, 3.8) is 0 Å². The van der Waals surface area contributed by atoms with Crippen LogP contribution in [0.1, 0.15) is 40.0 Å². The molecular formula is C17H17F3N2O2. The topological polar surface area (TPSA) is 62.0 Å². The highest BCUT2D eigenvalue weighted by Gasteiger charge is 2.30. The number of nitrogens with one attached hydrogen (secondary N) is 2. The zero-order valence-corrected chi connectivity index (χ0v) is 13.2. The fourth-order valence-corrected chi connectivity index (χ4v) is 2.23. The molecule has 0 aliphatic carbocycles. The number of hydrogen-bond acceptors (Lipinski definition) is 2. The van der Waals surface area contributed by atoms with Gasteiger partial charge in [0.25, 0.3) is 5.91 Å². The maximum absolute atomic E-state index is 12.7. The van der Waals surface area contributed by atoms with Crippen LogP contribution in [0.2, 0.25) is 0 Å². The summed E-state index contributed by atoms with van der Waals surface area (Å²) in [6.45, 7) is 3.52. The lowest BCUT2D eigenvalue weighted by Gasteiger charge is -2.15. The Balaban J connectivity index is 2.06. The monoisotopic (exact) mass is 338 g/mol. The van der Waals surface area contributed by atoms with Gasteiger partial charge in [-0.1, -0.05) is 25.1 Å². The second kappa shape index (κ2) is 6.90. The van der Waals surface area contributed by atoms with Crippen molar-refractivity contribution in [1.29, 1.82) is 0 Å². The number of pyridine rings is 1. The van der Waals surface area contributed by atoms with Crippen molar-refractivity contribution in [2.45, 2.75) is 25.9 Å². The van der Waals surface area contributed by atoms with Gasteiger partial charge < -0.3 is 10.3 Å². The van der Waals surface area contributed by atoms with Crippen LogP contribution in [0.4, 0.5) is 13.2 Å². The van der Waals surface area contributed by atoms with E-state index in [1.807, 2.05) is 0 Å². The van der Waals surface area contributed by atoms with E-state index in [2.05, 4.69) is 10.3 Å². The molecule has 24 heavy (non-hydrogen) atoms. The van der Waals surface area contributed by atoms with E-state index in [-0.39, 0.29) is 18.0 Å². The molecule has 1 heterocycles. The van der Waals surface area contributed by atoms with E-state index >= 15 is 0 Å². The smallest absolute Gasteiger partial charge is 0.364 e. The highest BCUT2D eigenvalue weighted by Crippen LogP contribution is 2.30. The number of amides is 1. The van der Waals surface area contributed by atoms with Crippen molar-refractivity contribution in [3.05, 3.63) is 69.1 Å².